The molecule has 108 valence electrons. The van der Waals surface area contributed by atoms with Crippen molar-refractivity contribution in [3.63, 3.8) is 0 Å². The summed E-state index contributed by atoms with van der Waals surface area (Å²) in [5.74, 6) is 1.52. The Labute approximate surface area is 115 Å². The molecule has 2 aromatic rings. The lowest BCUT2D eigenvalue weighted by molar-refractivity contribution is 0.0521. The average molecular weight is 279 g/mol. The lowest BCUT2D eigenvalue weighted by Crippen LogP contribution is -2.11. The molecule has 8 nitrogen and oxygen atoms in total. The Morgan fingerprint density at radius 1 is 1.40 bits per heavy atom. The number of aromatic nitrogens is 4. The molecular weight excluding hydrogens is 262 g/mol. The van der Waals surface area contributed by atoms with Crippen molar-refractivity contribution in [3.8, 4) is 0 Å². The first-order valence-electron chi connectivity index (χ1n) is 6.31. The molecule has 0 unspecified atom stereocenters. The van der Waals surface area contributed by atoms with Crippen LogP contribution in [0.25, 0.3) is 0 Å². The monoisotopic (exact) mass is 279 g/mol. The van der Waals surface area contributed by atoms with Crippen LogP contribution < -0.4 is 5.73 Å². The van der Waals surface area contributed by atoms with Gasteiger partial charge in [0.2, 0.25) is 5.89 Å². The molecule has 20 heavy (non-hydrogen) atoms. The number of aryl methyl sites for hydroxylation is 3. The van der Waals surface area contributed by atoms with Gasteiger partial charge in [-0.05, 0) is 20.8 Å². The van der Waals surface area contributed by atoms with Crippen molar-refractivity contribution in [1.82, 2.24) is 19.7 Å². The molecule has 0 aliphatic heterocycles. The summed E-state index contributed by atoms with van der Waals surface area (Å²) >= 11 is 0. The Balaban J connectivity index is 2.14. The maximum Gasteiger partial charge on any atom is 0.360 e. The number of esters is 1. The minimum Gasteiger partial charge on any atom is -0.461 e. The molecule has 0 saturated heterocycles. The van der Waals surface area contributed by atoms with Gasteiger partial charge in [-0.3, -0.25) is 0 Å². The van der Waals surface area contributed by atoms with E-state index in [2.05, 4.69) is 15.1 Å². The van der Waals surface area contributed by atoms with Gasteiger partial charge in [-0.25, -0.2) is 9.78 Å². The zero-order chi connectivity index (χ0) is 14.7. The number of rotatable bonds is 5. The summed E-state index contributed by atoms with van der Waals surface area (Å²) in [5, 5.41) is 3.72. The molecule has 0 bridgehead atoms. The number of hydrogen-bond donors (Lipinski definition) is 1. The molecule has 0 spiro atoms. The van der Waals surface area contributed by atoms with Gasteiger partial charge in [0.05, 0.1) is 6.61 Å². The highest BCUT2D eigenvalue weighted by Gasteiger charge is 2.19. The Bertz CT molecular complexity index is 617. The molecule has 0 aliphatic carbocycles. The Hall–Kier alpha value is -2.38. The van der Waals surface area contributed by atoms with Crippen LogP contribution >= 0.6 is 0 Å². The van der Waals surface area contributed by atoms with Gasteiger partial charge >= 0.3 is 5.97 Å². The first kappa shape index (κ1) is 14.0. The van der Waals surface area contributed by atoms with E-state index in [1.807, 2.05) is 0 Å². The molecule has 0 fully saturated rings. The Morgan fingerprint density at radius 3 is 2.75 bits per heavy atom. The maximum absolute atomic E-state index is 11.7. The number of carbonyl (C=O) groups is 1. The summed E-state index contributed by atoms with van der Waals surface area (Å²) in [6.07, 6.45) is 0.518. The van der Waals surface area contributed by atoms with E-state index in [4.69, 9.17) is 15.0 Å². The molecule has 8 heteroatoms. The van der Waals surface area contributed by atoms with Gasteiger partial charge in [0.15, 0.2) is 11.5 Å². The number of imidazole rings is 1. The number of ether oxygens (including phenoxy) is 1. The fraction of sp³-hybridized carbons (Fsp3) is 0.500. The predicted molar refractivity (Wildman–Crippen MR) is 70.1 cm³/mol. The van der Waals surface area contributed by atoms with E-state index < -0.39 is 5.97 Å². The number of hydrogen-bond acceptors (Lipinski definition) is 7. The quantitative estimate of drug-likeness (QED) is 0.809. The zero-order valence-electron chi connectivity index (χ0n) is 11.7. The van der Waals surface area contributed by atoms with Gasteiger partial charge in [-0.2, -0.15) is 4.98 Å². The highest BCUT2D eigenvalue weighted by Crippen LogP contribution is 2.16. The fourth-order valence-electron chi connectivity index (χ4n) is 1.86. The van der Waals surface area contributed by atoms with Crippen LogP contribution in [-0.4, -0.2) is 32.3 Å². The second kappa shape index (κ2) is 5.72. The van der Waals surface area contributed by atoms with E-state index in [9.17, 15) is 4.79 Å². The molecule has 0 radical (unpaired) electrons. The van der Waals surface area contributed by atoms with Crippen LogP contribution in [0.1, 0.15) is 35.0 Å². The summed E-state index contributed by atoms with van der Waals surface area (Å²) in [5.41, 5.74) is 6.08. The van der Waals surface area contributed by atoms with E-state index in [1.165, 1.54) is 0 Å². The second-order valence-electron chi connectivity index (χ2n) is 4.25. The normalized spacial score (nSPS) is 10.8. The molecule has 2 heterocycles. The first-order chi connectivity index (χ1) is 9.52. The lowest BCUT2D eigenvalue weighted by atomic mass is 10.4. The van der Waals surface area contributed by atoms with Crippen molar-refractivity contribution in [2.24, 2.45) is 0 Å². The molecule has 2 N–H and O–H groups in total. The number of carbonyl (C=O) groups excluding carboxylic acids is 1. The van der Waals surface area contributed by atoms with Gasteiger partial charge in [0, 0.05) is 13.0 Å². The van der Waals surface area contributed by atoms with Crippen molar-refractivity contribution < 1.29 is 14.1 Å². The largest absolute Gasteiger partial charge is 0.461 e. The van der Waals surface area contributed by atoms with Crippen molar-refractivity contribution in [1.29, 1.82) is 0 Å². The summed E-state index contributed by atoms with van der Waals surface area (Å²) in [4.78, 5) is 19.9. The SMILES string of the molecule is CCOC(=O)c1nc(C)n(CCc2nc(C)no2)c1N. The van der Waals surface area contributed by atoms with Gasteiger partial charge in [-0.15, -0.1) is 0 Å². The predicted octanol–water partition coefficient (Wildman–Crippen LogP) is 0.885. The van der Waals surface area contributed by atoms with Gasteiger partial charge in [0.25, 0.3) is 0 Å². The van der Waals surface area contributed by atoms with E-state index in [-0.39, 0.29) is 18.1 Å². The van der Waals surface area contributed by atoms with Crippen LogP contribution in [-0.2, 0) is 17.7 Å². The molecule has 0 aliphatic rings. The average Bonchev–Trinajstić information content (AvgIpc) is 2.92. The molecular formula is C12H17N5O3. The molecule has 2 rings (SSSR count). The topological polar surface area (TPSA) is 109 Å². The summed E-state index contributed by atoms with van der Waals surface area (Å²) in [6, 6.07) is 0. The molecule has 0 atom stereocenters. The smallest absolute Gasteiger partial charge is 0.360 e. The second-order valence-corrected chi connectivity index (χ2v) is 4.25. The highest BCUT2D eigenvalue weighted by atomic mass is 16.5. The van der Waals surface area contributed by atoms with Crippen molar-refractivity contribution in [2.45, 2.75) is 33.7 Å². The Morgan fingerprint density at radius 2 is 2.15 bits per heavy atom. The third-order valence-corrected chi connectivity index (χ3v) is 2.79. The summed E-state index contributed by atoms with van der Waals surface area (Å²) in [7, 11) is 0. The molecule has 0 amide bonds. The van der Waals surface area contributed by atoms with Gasteiger partial charge in [0.1, 0.15) is 11.6 Å². The van der Waals surface area contributed by atoms with Crippen LogP contribution in [0.15, 0.2) is 4.52 Å². The zero-order valence-corrected chi connectivity index (χ0v) is 11.7. The third-order valence-electron chi connectivity index (χ3n) is 2.79. The van der Waals surface area contributed by atoms with E-state index >= 15 is 0 Å². The lowest BCUT2D eigenvalue weighted by Gasteiger charge is -2.05. The number of nitrogen functional groups attached to an aromatic ring is 1. The Kier molecular flexibility index (Phi) is 4.02. The minimum atomic E-state index is -0.513. The van der Waals surface area contributed by atoms with Crippen molar-refractivity contribution in [2.75, 3.05) is 12.3 Å². The van der Waals surface area contributed by atoms with Crippen molar-refractivity contribution in [3.05, 3.63) is 23.2 Å². The van der Waals surface area contributed by atoms with Crippen LogP contribution in [0.4, 0.5) is 5.82 Å². The van der Waals surface area contributed by atoms with E-state index in [1.54, 1.807) is 25.3 Å². The highest BCUT2D eigenvalue weighted by molar-refractivity contribution is 5.92. The first-order valence-corrected chi connectivity index (χ1v) is 6.31. The minimum absolute atomic E-state index is 0.144. The standard InChI is InChI=1S/C12H17N5O3/c1-4-19-12(18)10-11(13)17(8(3)15-10)6-5-9-14-7(2)16-20-9/h4-6,13H2,1-3H3. The van der Waals surface area contributed by atoms with Gasteiger partial charge < -0.3 is 19.6 Å². The van der Waals surface area contributed by atoms with Crippen LogP contribution in [0.3, 0.4) is 0 Å². The molecule has 0 aromatic carbocycles. The number of anilines is 1. The van der Waals surface area contributed by atoms with E-state index in [0.29, 0.717) is 30.5 Å². The molecule has 0 saturated carbocycles. The number of nitrogens with zero attached hydrogens (tertiary/aromatic N) is 4. The van der Waals surface area contributed by atoms with Crippen LogP contribution in [0, 0.1) is 13.8 Å². The summed E-state index contributed by atoms with van der Waals surface area (Å²) in [6.45, 7) is 6.05. The van der Waals surface area contributed by atoms with Crippen LogP contribution in [0.5, 0.6) is 0 Å². The van der Waals surface area contributed by atoms with Gasteiger partial charge in [-0.1, -0.05) is 5.16 Å². The number of nitrogens with two attached hydrogens (primary N) is 1. The molecule has 2 aromatic heterocycles. The fourth-order valence-corrected chi connectivity index (χ4v) is 1.86. The van der Waals surface area contributed by atoms with E-state index in [0.717, 1.165) is 0 Å². The maximum atomic E-state index is 11.7. The van der Waals surface area contributed by atoms with Crippen molar-refractivity contribution >= 4 is 11.8 Å². The third kappa shape index (κ3) is 2.79. The summed E-state index contributed by atoms with van der Waals surface area (Å²) < 4.78 is 11.7. The van der Waals surface area contributed by atoms with Crippen LogP contribution in [0.2, 0.25) is 0 Å².